The third kappa shape index (κ3) is 4.01. The molecule has 0 saturated carbocycles. The molecule has 1 aromatic carbocycles. The molecule has 2 aromatic rings. The Morgan fingerprint density at radius 2 is 2.20 bits per heavy atom. The third-order valence-corrected chi connectivity index (χ3v) is 2.91. The molecule has 0 amide bonds. The highest BCUT2D eigenvalue weighted by Crippen LogP contribution is 2.13. The second-order valence-corrected chi connectivity index (χ2v) is 4.41. The Labute approximate surface area is 117 Å². The summed E-state index contributed by atoms with van der Waals surface area (Å²) in [6, 6.07) is 9.66. The number of rotatable bonds is 6. The number of aromatic nitrogens is 1. The zero-order chi connectivity index (χ0) is 14.4. The van der Waals surface area contributed by atoms with E-state index in [0.29, 0.717) is 24.5 Å². The van der Waals surface area contributed by atoms with Crippen LogP contribution in [0.5, 0.6) is 5.88 Å². The molecule has 0 aliphatic rings. The fraction of sp³-hybridized carbons (Fsp3) is 0.267. The quantitative estimate of drug-likeness (QED) is 0.848. The molecule has 5 heteroatoms. The van der Waals surface area contributed by atoms with E-state index in [-0.39, 0.29) is 5.82 Å². The van der Waals surface area contributed by atoms with Gasteiger partial charge in [0.15, 0.2) is 0 Å². The predicted octanol–water partition coefficient (Wildman–Crippen LogP) is 2.05. The second kappa shape index (κ2) is 6.98. The number of pyridine rings is 1. The number of nitrogens with one attached hydrogen (secondary N) is 1. The smallest absolute Gasteiger partial charge is 0.213 e. The van der Waals surface area contributed by atoms with Crippen LogP contribution in [-0.2, 0) is 6.54 Å². The molecular formula is C15H17FN2O2. The van der Waals surface area contributed by atoms with Gasteiger partial charge in [0.05, 0.1) is 13.2 Å². The van der Waals surface area contributed by atoms with Crippen LogP contribution in [0.25, 0.3) is 0 Å². The van der Waals surface area contributed by atoms with Gasteiger partial charge in [-0.05, 0) is 29.3 Å². The van der Waals surface area contributed by atoms with Gasteiger partial charge in [-0.15, -0.1) is 0 Å². The summed E-state index contributed by atoms with van der Waals surface area (Å²) in [6.07, 6.45) is 0.924. The first-order chi connectivity index (χ1) is 9.69. The average Bonchev–Trinajstić information content (AvgIpc) is 2.47. The maximum Gasteiger partial charge on any atom is 0.213 e. The first-order valence-electron chi connectivity index (χ1n) is 6.32. The lowest BCUT2D eigenvalue weighted by Gasteiger charge is -2.12. The van der Waals surface area contributed by atoms with E-state index in [2.05, 4.69) is 10.3 Å². The average molecular weight is 276 g/mol. The van der Waals surface area contributed by atoms with Crippen LogP contribution in [0.2, 0.25) is 0 Å². The molecule has 1 unspecified atom stereocenters. The van der Waals surface area contributed by atoms with Crippen LogP contribution in [0.4, 0.5) is 4.39 Å². The van der Waals surface area contributed by atoms with Gasteiger partial charge in [0.1, 0.15) is 5.82 Å². The highest BCUT2D eigenvalue weighted by Gasteiger charge is 2.07. The van der Waals surface area contributed by atoms with Crippen LogP contribution in [-0.4, -0.2) is 23.7 Å². The Bertz CT molecular complexity index is 563. The molecule has 0 bridgehead atoms. The zero-order valence-electron chi connectivity index (χ0n) is 11.2. The Hall–Kier alpha value is -1.98. The van der Waals surface area contributed by atoms with Crippen LogP contribution < -0.4 is 10.1 Å². The Balaban J connectivity index is 1.86. The van der Waals surface area contributed by atoms with E-state index < -0.39 is 6.10 Å². The Morgan fingerprint density at radius 1 is 1.35 bits per heavy atom. The summed E-state index contributed by atoms with van der Waals surface area (Å²) >= 11 is 0. The molecule has 0 aliphatic heterocycles. The van der Waals surface area contributed by atoms with Crippen LogP contribution in [0.1, 0.15) is 17.2 Å². The number of halogens is 1. The second-order valence-electron chi connectivity index (χ2n) is 4.41. The van der Waals surface area contributed by atoms with Crippen molar-refractivity contribution < 1.29 is 14.2 Å². The zero-order valence-corrected chi connectivity index (χ0v) is 11.2. The molecule has 1 aromatic heterocycles. The summed E-state index contributed by atoms with van der Waals surface area (Å²) in [5.41, 5.74) is 1.56. The number of methoxy groups -OCH3 is 1. The van der Waals surface area contributed by atoms with Crippen molar-refractivity contribution in [1.29, 1.82) is 0 Å². The van der Waals surface area contributed by atoms with Gasteiger partial charge in [0.2, 0.25) is 5.88 Å². The molecule has 106 valence electrons. The summed E-state index contributed by atoms with van der Waals surface area (Å²) in [5.74, 6) is 0.204. The molecule has 1 heterocycles. The van der Waals surface area contributed by atoms with E-state index in [1.807, 2.05) is 12.1 Å². The summed E-state index contributed by atoms with van der Waals surface area (Å²) in [6.45, 7) is 0.916. The van der Waals surface area contributed by atoms with Crippen LogP contribution >= 0.6 is 0 Å². The SMILES string of the molecule is COc1cc(CNCC(O)c2cccc(F)c2)ccn1. The Kier molecular flexibility index (Phi) is 5.03. The molecule has 0 fully saturated rings. The van der Waals surface area contributed by atoms with Crippen molar-refractivity contribution in [3.63, 3.8) is 0 Å². The third-order valence-electron chi connectivity index (χ3n) is 2.91. The maximum absolute atomic E-state index is 13.0. The highest BCUT2D eigenvalue weighted by molar-refractivity contribution is 5.21. The summed E-state index contributed by atoms with van der Waals surface area (Å²) < 4.78 is 18.1. The van der Waals surface area contributed by atoms with Crippen LogP contribution in [0.15, 0.2) is 42.6 Å². The van der Waals surface area contributed by atoms with Gasteiger partial charge in [-0.2, -0.15) is 0 Å². The predicted molar refractivity (Wildman–Crippen MR) is 73.9 cm³/mol. The number of ether oxygens (including phenoxy) is 1. The van der Waals surface area contributed by atoms with Gasteiger partial charge in [-0.1, -0.05) is 12.1 Å². The largest absolute Gasteiger partial charge is 0.481 e. The minimum absolute atomic E-state index is 0.341. The summed E-state index contributed by atoms with van der Waals surface area (Å²) in [4.78, 5) is 4.02. The molecule has 0 radical (unpaired) electrons. The van der Waals surface area contributed by atoms with Crippen molar-refractivity contribution in [2.24, 2.45) is 0 Å². The molecular weight excluding hydrogens is 259 g/mol. The van der Waals surface area contributed by atoms with E-state index in [0.717, 1.165) is 5.56 Å². The van der Waals surface area contributed by atoms with E-state index >= 15 is 0 Å². The summed E-state index contributed by atoms with van der Waals surface area (Å²) in [7, 11) is 1.56. The number of nitrogens with zero attached hydrogens (tertiary/aromatic N) is 1. The normalized spacial score (nSPS) is 12.2. The monoisotopic (exact) mass is 276 g/mol. The van der Waals surface area contributed by atoms with Crippen molar-refractivity contribution in [2.45, 2.75) is 12.6 Å². The van der Waals surface area contributed by atoms with E-state index in [1.54, 1.807) is 25.4 Å². The first kappa shape index (κ1) is 14.4. The minimum atomic E-state index is -0.741. The van der Waals surface area contributed by atoms with Gasteiger partial charge < -0.3 is 15.2 Å². The lowest BCUT2D eigenvalue weighted by molar-refractivity contribution is 0.174. The lowest BCUT2D eigenvalue weighted by atomic mass is 10.1. The molecule has 4 nitrogen and oxygen atoms in total. The number of benzene rings is 1. The molecule has 20 heavy (non-hydrogen) atoms. The van der Waals surface area contributed by atoms with Gasteiger partial charge in [-0.25, -0.2) is 9.37 Å². The molecule has 2 N–H and O–H groups in total. The van der Waals surface area contributed by atoms with Crippen molar-refractivity contribution in [2.75, 3.05) is 13.7 Å². The van der Waals surface area contributed by atoms with Crippen molar-refractivity contribution in [3.8, 4) is 5.88 Å². The lowest BCUT2D eigenvalue weighted by Crippen LogP contribution is -2.21. The van der Waals surface area contributed by atoms with E-state index in [1.165, 1.54) is 12.1 Å². The Morgan fingerprint density at radius 3 is 2.95 bits per heavy atom. The molecule has 0 spiro atoms. The van der Waals surface area contributed by atoms with Gasteiger partial charge in [0, 0.05) is 25.4 Å². The maximum atomic E-state index is 13.0. The van der Waals surface area contributed by atoms with Crippen LogP contribution in [0.3, 0.4) is 0 Å². The van der Waals surface area contributed by atoms with Crippen molar-refractivity contribution in [1.82, 2.24) is 10.3 Å². The standard InChI is InChI=1S/C15H17FN2O2/c1-20-15-7-11(5-6-18-15)9-17-10-14(19)12-3-2-4-13(16)8-12/h2-8,14,17,19H,9-10H2,1H3. The van der Waals surface area contributed by atoms with E-state index in [4.69, 9.17) is 4.74 Å². The van der Waals surface area contributed by atoms with Crippen molar-refractivity contribution >= 4 is 0 Å². The summed E-state index contributed by atoms with van der Waals surface area (Å²) in [5, 5.41) is 13.1. The van der Waals surface area contributed by atoms with Gasteiger partial charge in [-0.3, -0.25) is 0 Å². The molecule has 0 aliphatic carbocycles. The molecule has 2 rings (SSSR count). The first-order valence-corrected chi connectivity index (χ1v) is 6.32. The fourth-order valence-corrected chi connectivity index (χ4v) is 1.86. The van der Waals surface area contributed by atoms with Gasteiger partial charge in [0.25, 0.3) is 0 Å². The topological polar surface area (TPSA) is 54.4 Å². The number of aliphatic hydroxyl groups excluding tert-OH is 1. The number of hydrogen-bond acceptors (Lipinski definition) is 4. The number of hydrogen-bond donors (Lipinski definition) is 2. The van der Waals surface area contributed by atoms with Crippen molar-refractivity contribution in [3.05, 3.63) is 59.5 Å². The minimum Gasteiger partial charge on any atom is -0.481 e. The highest BCUT2D eigenvalue weighted by atomic mass is 19.1. The molecule has 1 atom stereocenters. The van der Waals surface area contributed by atoms with Crippen LogP contribution in [0, 0.1) is 5.82 Å². The fourth-order valence-electron chi connectivity index (χ4n) is 1.86. The van der Waals surface area contributed by atoms with E-state index in [9.17, 15) is 9.50 Å². The molecule has 0 saturated heterocycles. The van der Waals surface area contributed by atoms with Gasteiger partial charge >= 0.3 is 0 Å². The number of aliphatic hydroxyl groups is 1.